The zero-order chi connectivity index (χ0) is 19.9. The molecule has 2 N–H and O–H groups in total. The third-order valence-corrected chi connectivity index (χ3v) is 4.09. The second kappa shape index (κ2) is 8.94. The summed E-state index contributed by atoms with van der Waals surface area (Å²) < 4.78 is 16.2. The van der Waals surface area contributed by atoms with Gasteiger partial charge in [-0.15, -0.1) is 0 Å². The van der Waals surface area contributed by atoms with Crippen molar-refractivity contribution in [1.82, 2.24) is 9.97 Å². The number of aromatic nitrogens is 2. The third-order valence-electron chi connectivity index (χ3n) is 4.09. The van der Waals surface area contributed by atoms with E-state index in [1.165, 1.54) is 5.56 Å². The summed E-state index contributed by atoms with van der Waals surface area (Å²) in [6.07, 6.45) is 0. The van der Waals surface area contributed by atoms with E-state index in [0.29, 0.717) is 35.4 Å². The number of methoxy groups -OCH3 is 3. The summed E-state index contributed by atoms with van der Waals surface area (Å²) in [5.74, 6) is 3.74. The average Bonchev–Trinajstić information content (AvgIpc) is 2.71. The van der Waals surface area contributed by atoms with Crippen LogP contribution in [0.5, 0.6) is 17.2 Å². The van der Waals surface area contributed by atoms with Gasteiger partial charge in [-0.1, -0.05) is 30.3 Å². The maximum absolute atomic E-state index is 5.40. The molecule has 2 aromatic carbocycles. The van der Waals surface area contributed by atoms with Crippen LogP contribution >= 0.6 is 0 Å². The van der Waals surface area contributed by atoms with Gasteiger partial charge in [0, 0.05) is 30.4 Å². The van der Waals surface area contributed by atoms with Gasteiger partial charge >= 0.3 is 0 Å². The molecule has 0 spiro atoms. The molecule has 1 heterocycles. The van der Waals surface area contributed by atoms with Crippen LogP contribution in [0.25, 0.3) is 0 Å². The lowest BCUT2D eigenvalue weighted by Crippen LogP contribution is -2.05. The first-order valence-corrected chi connectivity index (χ1v) is 8.83. The highest BCUT2D eigenvalue weighted by molar-refractivity contribution is 5.67. The zero-order valence-corrected chi connectivity index (χ0v) is 16.4. The molecule has 3 aromatic rings. The van der Waals surface area contributed by atoms with E-state index < -0.39 is 0 Å². The minimum Gasteiger partial charge on any atom is -0.493 e. The van der Waals surface area contributed by atoms with Crippen molar-refractivity contribution in [2.45, 2.75) is 13.5 Å². The quantitative estimate of drug-likeness (QED) is 0.607. The van der Waals surface area contributed by atoms with E-state index in [9.17, 15) is 0 Å². The van der Waals surface area contributed by atoms with Crippen LogP contribution in [0.1, 0.15) is 11.4 Å². The molecular weight excluding hydrogens is 356 g/mol. The van der Waals surface area contributed by atoms with E-state index in [-0.39, 0.29) is 0 Å². The second-order valence-corrected chi connectivity index (χ2v) is 6.06. The average molecular weight is 380 g/mol. The van der Waals surface area contributed by atoms with Gasteiger partial charge in [0.2, 0.25) is 5.75 Å². The second-order valence-electron chi connectivity index (χ2n) is 6.06. The summed E-state index contributed by atoms with van der Waals surface area (Å²) in [4.78, 5) is 8.92. The molecule has 0 bridgehead atoms. The van der Waals surface area contributed by atoms with Crippen LogP contribution in [-0.2, 0) is 6.54 Å². The van der Waals surface area contributed by atoms with Gasteiger partial charge < -0.3 is 24.8 Å². The van der Waals surface area contributed by atoms with Crippen LogP contribution in [0.15, 0.2) is 48.5 Å². The number of aryl methyl sites for hydroxylation is 1. The lowest BCUT2D eigenvalue weighted by molar-refractivity contribution is 0.324. The van der Waals surface area contributed by atoms with Crippen molar-refractivity contribution in [3.05, 3.63) is 59.9 Å². The molecule has 28 heavy (non-hydrogen) atoms. The van der Waals surface area contributed by atoms with Crippen LogP contribution < -0.4 is 24.8 Å². The van der Waals surface area contributed by atoms with E-state index in [1.807, 2.05) is 43.3 Å². The maximum Gasteiger partial charge on any atom is 0.203 e. The van der Waals surface area contributed by atoms with Crippen molar-refractivity contribution in [3.63, 3.8) is 0 Å². The Morgan fingerprint density at radius 1 is 0.821 bits per heavy atom. The minimum absolute atomic E-state index is 0.541. The van der Waals surface area contributed by atoms with Gasteiger partial charge in [0.25, 0.3) is 0 Å². The molecule has 0 saturated carbocycles. The van der Waals surface area contributed by atoms with E-state index in [1.54, 1.807) is 21.3 Å². The number of anilines is 3. The molecule has 0 fully saturated rings. The molecule has 0 aliphatic carbocycles. The van der Waals surface area contributed by atoms with Gasteiger partial charge in [-0.25, -0.2) is 9.97 Å². The fraction of sp³-hybridized carbons (Fsp3) is 0.238. The van der Waals surface area contributed by atoms with Crippen molar-refractivity contribution in [2.24, 2.45) is 0 Å². The highest BCUT2D eigenvalue weighted by atomic mass is 16.5. The SMILES string of the molecule is COc1cc(Nc2cc(NCc3ccccc3)nc(C)n2)cc(OC)c1OC. The minimum atomic E-state index is 0.541. The van der Waals surface area contributed by atoms with Gasteiger partial charge in [0.1, 0.15) is 17.5 Å². The highest BCUT2D eigenvalue weighted by Crippen LogP contribution is 2.40. The first kappa shape index (κ1) is 19.3. The fourth-order valence-corrected chi connectivity index (χ4v) is 2.81. The molecule has 0 unspecified atom stereocenters. The summed E-state index contributed by atoms with van der Waals surface area (Å²) in [6, 6.07) is 15.7. The number of hydrogen-bond acceptors (Lipinski definition) is 7. The van der Waals surface area contributed by atoms with Crippen molar-refractivity contribution in [2.75, 3.05) is 32.0 Å². The van der Waals surface area contributed by atoms with Crippen molar-refractivity contribution in [3.8, 4) is 17.2 Å². The Bertz CT molecular complexity index is 907. The van der Waals surface area contributed by atoms with Gasteiger partial charge in [-0.3, -0.25) is 0 Å². The molecule has 0 aliphatic heterocycles. The molecule has 7 heteroatoms. The normalized spacial score (nSPS) is 10.3. The number of ether oxygens (including phenoxy) is 3. The van der Waals surface area contributed by atoms with Crippen LogP contribution in [0.4, 0.5) is 17.3 Å². The van der Waals surface area contributed by atoms with Gasteiger partial charge in [-0.05, 0) is 12.5 Å². The van der Waals surface area contributed by atoms with E-state index in [0.717, 1.165) is 11.5 Å². The lowest BCUT2D eigenvalue weighted by Gasteiger charge is -2.15. The number of nitrogens with one attached hydrogen (secondary N) is 2. The highest BCUT2D eigenvalue weighted by Gasteiger charge is 2.14. The standard InChI is InChI=1S/C21H24N4O3/c1-14-23-19(22-13-15-8-6-5-7-9-15)12-20(24-14)25-16-10-17(26-2)21(28-4)18(11-16)27-3/h5-12H,13H2,1-4H3,(H2,22,23,24,25). The number of rotatable bonds is 8. The molecular formula is C21H24N4O3. The summed E-state index contributed by atoms with van der Waals surface area (Å²) in [6.45, 7) is 2.54. The Hall–Kier alpha value is -3.48. The Balaban J connectivity index is 1.81. The summed E-state index contributed by atoms with van der Waals surface area (Å²) in [5.41, 5.74) is 1.94. The van der Waals surface area contributed by atoms with Crippen LogP contribution in [-0.4, -0.2) is 31.3 Å². The van der Waals surface area contributed by atoms with Crippen LogP contribution in [0.3, 0.4) is 0 Å². The summed E-state index contributed by atoms with van der Waals surface area (Å²) >= 11 is 0. The summed E-state index contributed by atoms with van der Waals surface area (Å²) in [7, 11) is 4.75. The molecule has 1 aromatic heterocycles. The molecule has 0 atom stereocenters. The lowest BCUT2D eigenvalue weighted by atomic mass is 10.2. The molecule has 3 rings (SSSR count). The fourth-order valence-electron chi connectivity index (χ4n) is 2.81. The number of nitrogens with zero attached hydrogens (tertiary/aromatic N) is 2. The number of hydrogen-bond donors (Lipinski definition) is 2. The Morgan fingerprint density at radius 2 is 1.46 bits per heavy atom. The first-order chi connectivity index (χ1) is 13.6. The van der Waals surface area contributed by atoms with Crippen LogP contribution in [0, 0.1) is 6.92 Å². The molecule has 0 saturated heterocycles. The molecule has 7 nitrogen and oxygen atoms in total. The molecule has 0 aliphatic rings. The van der Waals surface area contributed by atoms with E-state index in [4.69, 9.17) is 14.2 Å². The van der Waals surface area contributed by atoms with Gasteiger partial charge in [0.15, 0.2) is 11.5 Å². The van der Waals surface area contributed by atoms with Crippen molar-refractivity contribution < 1.29 is 14.2 Å². The third kappa shape index (κ3) is 4.62. The predicted molar refractivity (Wildman–Crippen MR) is 110 cm³/mol. The summed E-state index contributed by atoms with van der Waals surface area (Å²) in [5, 5.41) is 6.61. The maximum atomic E-state index is 5.40. The van der Waals surface area contributed by atoms with E-state index in [2.05, 4.69) is 32.7 Å². The molecule has 0 amide bonds. The van der Waals surface area contributed by atoms with Crippen LogP contribution in [0.2, 0.25) is 0 Å². The molecule has 146 valence electrons. The zero-order valence-electron chi connectivity index (χ0n) is 16.4. The Morgan fingerprint density at radius 3 is 2.07 bits per heavy atom. The topological polar surface area (TPSA) is 77.5 Å². The Kier molecular flexibility index (Phi) is 6.16. The smallest absolute Gasteiger partial charge is 0.203 e. The Labute approximate surface area is 164 Å². The largest absolute Gasteiger partial charge is 0.493 e. The van der Waals surface area contributed by atoms with Gasteiger partial charge in [-0.2, -0.15) is 0 Å². The first-order valence-electron chi connectivity index (χ1n) is 8.83. The number of benzene rings is 2. The predicted octanol–water partition coefficient (Wildman–Crippen LogP) is 4.17. The van der Waals surface area contributed by atoms with Gasteiger partial charge in [0.05, 0.1) is 21.3 Å². The monoisotopic (exact) mass is 380 g/mol. The van der Waals surface area contributed by atoms with Crippen molar-refractivity contribution in [1.29, 1.82) is 0 Å². The van der Waals surface area contributed by atoms with Crippen molar-refractivity contribution >= 4 is 17.3 Å². The van der Waals surface area contributed by atoms with E-state index >= 15 is 0 Å². The molecule has 0 radical (unpaired) electrons.